The second-order valence-corrected chi connectivity index (χ2v) is 3.50. The van der Waals surface area contributed by atoms with E-state index in [2.05, 4.69) is 6.92 Å². The van der Waals surface area contributed by atoms with E-state index in [4.69, 9.17) is 0 Å². The van der Waals surface area contributed by atoms with E-state index in [-0.39, 0.29) is 0 Å². The van der Waals surface area contributed by atoms with Crippen LogP contribution in [0.2, 0.25) is 0 Å². The lowest BCUT2D eigenvalue weighted by atomic mass is 10.1. The van der Waals surface area contributed by atoms with Gasteiger partial charge in [-0.1, -0.05) is 58.3 Å². The summed E-state index contributed by atoms with van der Waals surface area (Å²) in [5.41, 5.74) is 0. The van der Waals surface area contributed by atoms with E-state index in [9.17, 15) is 0 Å². The summed E-state index contributed by atoms with van der Waals surface area (Å²) in [5, 5.41) is 0. The molecule has 1 saturated carbocycles. The molecular weight excluding hydrogens is 120 g/mol. The van der Waals surface area contributed by atoms with E-state index in [1.807, 2.05) is 0 Å². The summed E-state index contributed by atoms with van der Waals surface area (Å²) >= 11 is 0. The van der Waals surface area contributed by atoms with Crippen LogP contribution in [-0.4, -0.2) is 0 Å². The van der Waals surface area contributed by atoms with Crippen LogP contribution in [0.1, 0.15) is 51.4 Å². The number of hydrogen-bond donors (Lipinski definition) is 0. The van der Waals surface area contributed by atoms with Crippen molar-refractivity contribution < 1.29 is 0 Å². The van der Waals surface area contributed by atoms with Crippen LogP contribution < -0.4 is 0 Å². The van der Waals surface area contributed by atoms with Gasteiger partial charge in [-0.25, -0.2) is 0 Å². The lowest BCUT2D eigenvalue weighted by Gasteiger charge is -1.97. The van der Waals surface area contributed by atoms with Gasteiger partial charge in [0.2, 0.25) is 0 Å². The van der Waals surface area contributed by atoms with Crippen molar-refractivity contribution in [3.8, 4) is 0 Å². The first-order chi connectivity index (χ1) is 4.93. The molecule has 0 aromatic carbocycles. The van der Waals surface area contributed by atoms with Gasteiger partial charge in [-0.15, -0.1) is 0 Å². The van der Waals surface area contributed by atoms with Crippen LogP contribution in [0.4, 0.5) is 0 Å². The molecule has 0 atom stereocenters. The summed E-state index contributed by atoms with van der Waals surface area (Å²) in [6, 6.07) is 0. The van der Waals surface area contributed by atoms with Crippen molar-refractivity contribution in [2.75, 3.05) is 0 Å². The average molecular weight is 139 g/mol. The molecule has 0 aromatic heterocycles. The van der Waals surface area contributed by atoms with Crippen LogP contribution in [-0.2, 0) is 0 Å². The number of rotatable bonds is 6. The van der Waals surface area contributed by atoms with Gasteiger partial charge >= 0.3 is 0 Å². The third kappa shape index (κ3) is 3.92. The molecule has 0 N–H and O–H groups in total. The molecule has 0 bridgehead atoms. The lowest BCUT2D eigenvalue weighted by Crippen LogP contribution is -1.79. The fourth-order valence-corrected chi connectivity index (χ4v) is 1.37. The Morgan fingerprint density at radius 1 is 1.00 bits per heavy atom. The fraction of sp³-hybridized carbons (Fsp3) is 0.900. The topological polar surface area (TPSA) is 0 Å². The second kappa shape index (κ2) is 4.76. The first kappa shape index (κ1) is 8.10. The van der Waals surface area contributed by atoms with E-state index < -0.39 is 0 Å². The monoisotopic (exact) mass is 139 g/mol. The van der Waals surface area contributed by atoms with Crippen molar-refractivity contribution in [3.63, 3.8) is 0 Å². The minimum absolute atomic E-state index is 1.13. The Hall–Kier alpha value is 0. The maximum atomic E-state index is 3.83. The van der Waals surface area contributed by atoms with Gasteiger partial charge in [-0.2, -0.15) is 0 Å². The van der Waals surface area contributed by atoms with Gasteiger partial charge < -0.3 is 0 Å². The predicted molar refractivity (Wildman–Crippen MR) is 45.8 cm³/mol. The Morgan fingerprint density at radius 3 is 2.30 bits per heavy atom. The molecule has 10 heavy (non-hydrogen) atoms. The summed E-state index contributed by atoms with van der Waals surface area (Å²) < 4.78 is 0. The van der Waals surface area contributed by atoms with Crippen LogP contribution in [0, 0.1) is 12.8 Å². The molecule has 59 valence electrons. The lowest BCUT2D eigenvalue weighted by molar-refractivity contribution is 0.587. The molecule has 1 rings (SSSR count). The van der Waals surface area contributed by atoms with Crippen molar-refractivity contribution in [3.05, 3.63) is 6.92 Å². The molecule has 0 aliphatic heterocycles. The normalized spacial score (nSPS) is 17.7. The SMILES string of the molecule is [CH2]CCCCCCC1CC1. The molecule has 0 amide bonds. The van der Waals surface area contributed by atoms with Gasteiger partial charge in [0.15, 0.2) is 0 Å². The molecule has 1 aliphatic carbocycles. The third-order valence-electron chi connectivity index (χ3n) is 2.31. The maximum absolute atomic E-state index is 3.83. The molecular formula is C10H19. The third-order valence-corrected chi connectivity index (χ3v) is 2.31. The molecule has 0 nitrogen and oxygen atoms in total. The quantitative estimate of drug-likeness (QED) is 0.493. The summed E-state index contributed by atoms with van der Waals surface area (Å²) in [7, 11) is 0. The number of unbranched alkanes of at least 4 members (excludes halogenated alkanes) is 4. The minimum Gasteiger partial charge on any atom is -0.0533 e. The molecule has 0 aromatic rings. The van der Waals surface area contributed by atoms with Crippen LogP contribution in [0.15, 0.2) is 0 Å². The zero-order chi connectivity index (χ0) is 7.23. The summed E-state index contributed by atoms with van der Waals surface area (Å²) in [5.74, 6) is 1.14. The Kier molecular flexibility index (Phi) is 3.86. The molecule has 0 heteroatoms. The summed E-state index contributed by atoms with van der Waals surface area (Å²) in [6.45, 7) is 3.83. The second-order valence-electron chi connectivity index (χ2n) is 3.50. The smallest absolute Gasteiger partial charge is 0.0414 e. The Balaban J connectivity index is 1.68. The van der Waals surface area contributed by atoms with Crippen molar-refractivity contribution in [1.82, 2.24) is 0 Å². The van der Waals surface area contributed by atoms with E-state index in [0.717, 1.165) is 12.3 Å². The average Bonchev–Trinajstić information content (AvgIpc) is 2.71. The van der Waals surface area contributed by atoms with E-state index in [1.54, 1.807) is 0 Å². The van der Waals surface area contributed by atoms with Gasteiger partial charge in [0.1, 0.15) is 0 Å². The highest BCUT2D eigenvalue weighted by Crippen LogP contribution is 2.34. The maximum Gasteiger partial charge on any atom is -0.0414 e. The van der Waals surface area contributed by atoms with Crippen LogP contribution in [0.5, 0.6) is 0 Å². The van der Waals surface area contributed by atoms with Gasteiger partial charge in [-0.3, -0.25) is 0 Å². The van der Waals surface area contributed by atoms with Gasteiger partial charge in [-0.05, 0) is 5.92 Å². The molecule has 0 heterocycles. The molecule has 0 saturated heterocycles. The standard InChI is InChI=1S/C10H19/c1-2-3-4-5-6-7-10-8-9-10/h10H,1-9H2. The summed E-state index contributed by atoms with van der Waals surface area (Å²) in [4.78, 5) is 0. The minimum atomic E-state index is 1.13. The molecule has 0 unspecified atom stereocenters. The molecule has 0 spiro atoms. The fourth-order valence-electron chi connectivity index (χ4n) is 1.37. The summed E-state index contributed by atoms with van der Waals surface area (Å²) in [6.07, 6.45) is 11.4. The zero-order valence-corrected chi connectivity index (χ0v) is 6.94. The Morgan fingerprint density at radius 2 is 1.70 bits per heavy atom. The van der Waals surface area contributed by atoms with Gasteiger partial charge in [0.25, 0.3) is 0 Å². The predicted octanol–water partition coefficient (Wildman–Crippen LogP) is 3.57. The van der Waals surface area contributed by atoms with Gasteiger partial charge in [0, 0.05) is 0 Å². The van der Waals surface area contributed by atoms with Crippen molar-refractivity contribution >= 4 is 0 Å². The van der Waals surface area contributed by atoms with E-state index >= 15 is 0 Å². The molecule has 1 fully saturated rings. The van der Waals surface area contributed by atoms with Crippen LogP contribution in [0.25, 0.3) is 0 Å². The van der Waals surface area contributed by atoms with E-state index in [1.165, 1.54) is 44.9 Å². The van der Waals surface area contributed by atoms with Gasteiger partial charge in [0.05, 0.1) is 0 Å². The highest BCUT2D eigenvalue weighted by atomic mass is 14.2. The van der Waals surface area contributed by atoms with Crippen LogP contribution in [0.3, 0.4) is 0 Å². The molecule has 1 aliphatic rings. The first-order valence-corrected chi connectivity index (χ1v) is 4.72. The van der Waals surface area contributed by atoms with Crippen molar-refractivity contribution in [2.45, 2.75) is 51.4 Å². The van der Waals surface area contributed by atoms with Crippen molar-refractivity contribution in [2.24, 2.45) is 5.92 Å². The highest BCUT2D eigenvalue weighted by Gasteiger charge is 2.19. The first-order valence-electron chi connectivity index (χ1n) is 4.72. The highest BCUT2D eigenvalue weighted by molar-refractivity contribution is 4.72. The molecule has 1 radical (unpaired) electrons. The largest absolute Gasteiger partial charge is 0.0533 e. The van der Waals surface area contributed by atoms with E-state index in [0.29, 0.717) is 0 Å². The van der Waals surface area contributed by atoms with Crippen LogP contribution >= 0.6 is 0 Å². The van der Waals surface area contributed by atoms with Crippen molar-refractivity contribution in [1.29, 1.82) is 0 Å². The zero-order valence-electron chi connectivity index (χ0n) is 6.94. The number of hydrogen-bond acceptors (Lipinski definition) is 0. The Labute approximate surface area is 65.0 Å². The Bertz CT molecular complexity index is 72.1.